The second-order valence-corrected chi connectivity index (χ2v) is 6.19. The summed E-state index contributed by atoms with van der Waals surface area (Å²) in [5.41, 5.74) is 1.54. The molecule has 1 aromatic heterocycles. The average Bonchev–Trinajstić information content (AvgIpc) is 2.92. The number of piperazine rings is 1. The highest BCUT2D eigenvalue weighted by Gasteiger charge is 2.28. The van der Waals surface area contributed by atoms with Crippen LogP contribution in [0, 0.1) is 0 Å². The normalized spacial score (nSPS) is 19.8. The van der Waals surface area contributed by atoms with E-state index >= 15 is 0 Å². The number of likely N-dealkylation sites (N-methyl/N-ethyl adjacent to an activating group) is 1. The van der Waals surface area contributed by atoms with Crippen molar-refractivity contribution in [2.45, 2.75) is 6.04 Å². The van der Waals surface area contributed by atoms with Gasteiger partial charge in [-0.05, 0) is 31.3 Å². The Morgan fingerprint density at radius 3 is 3.00 bits per heavy atom. The molecule has 2 heterocycles. The number of halogens is 1. The van der Waals surface area contributed by atoms with E-state index in [9.17, 15) is 4.79 Å². The summed E-state index contributed by atoms with van der Waals surface area (Å²) in [7, 11) is 3.76. The topological polar surface area (TPSA) is 48.6 Å². The molecule has 1 saturated heterocycles. The number of nitrogens with one attached hydrogen (secondary N) is 1. The molecule has 0 radical (unpaired) electrons. The van der Waals surface area contributed by atoms with Crippen LogP contribution in [-0.2, 0) is 4.74 Å². The SMILES string of the molecule is COCC1CN(C(=O)c2cc3cc(Cl)ccc3[nH]2)CCN1C. The van der Waals surface area contributed by atoms with Crippen molar-refractivity contribution in [2.24, 2.45) is 0 Å². The van der Waals surface area contributed by atoms with Gasteiger partial charge in [0.15, 0.2) is 0 Å². The molecular formula is C16H20ClN3O2. The number of rotatable bonds is 3. The second kappa shape index (κ2) is 6.28. The van der Waals surface area contributed by atoms with E-state index in [0.717, 1.165) is 24.0 Å². The van der Waals surface area contributed by atoms with Crippen LogP contribution in [0.15, 0.2) is 24.3 Å². The first-order chi connectivity index (χ1) is 10.6. The molecule has 1 unspecified atom stereocenters. The molecule has 0 saturated carbocycles. The summed E-state index contributed by atoms with van der Waals surface area (Å²) in [5.74, 6) is 0.0292. The van der Waals surface area contributed by atoms with Gasteiger partial charge in [0.1, 0.15) is 5.69 Å². The summed E-state index contributed by atoms with van der Waals surface area (Å²) in [4.78, 5) is 20.0. The van der Waals surface area contributed by atoms with Crippen molar-refractivity contribution >= 4 is 28.4 Å². The molecule has 1 N–H and O–H groups in total. The van der Waals surface area contributed by atoms with E-state index in [1.54, 1.807) is 7.11 Å². The number of H-pyrrole nitrogens is 1. The van der Waals surface area contributed by atoms with Gasteiger partial charge in [-0.3, -0.25) is 9.69 Å². The third-order valence-corrected chi connectivity index (χ3v) is 4.47. The van der Waals surface area contributed by atoms with Crippen LogP contribution >= 0.6 is 11.6 Å². The number of hydrogen-bond acceptors (Lipinski definition) is 3. The smallest absolute Gasteiger partial charge is 0.270 e. The van der Waals surface area contributed by atoms with Crippen LogP contribution in [0.25, 0.3) is 10.9 Å². The van der Waals surface area contributed by atoms with Crippen molar-refractivity contribution < 1.29 is 9.53 Å². The van der Waals surface area contributed by atoms with Crippen LogP contribution in [0.4, 0.5) is 0 Å². The molecule has 3 rings (SSSR count). The van der Waals surface area contributed by atoms with E-state index in [2.05, 4.69) is 16.9 Å². The van der Waals surface area contributed by atoms with Gasteiger partial charge in [0.05, 0.1) is 12.6 Å². The molecule has 0 bridgehead atoms. The van der Waals surface area contributed by atoms with E-state index in [1.165, 1.54) is 0 Å². The van der Waals surface area contributed by atoms with Gasteiger partial charge in [0.2, 0.25) is 0 Å². The number of ether oxygens (including phenoxy) is 1. The van der Waals surface area contributed by atoms with E-state index in [-0.39, 0.29) is 11.9 Å². The number of carbonyl (C=O) groups excluding carboxylic acids is 1. The number of carbonyl (C=O) groups is 1. The predicted octanol–water partition coefficient (Wildman–Crippen LogP) is 2.22. The van der Waals surface area contributed by atoms with Crippen molar-refractivity contribution in [3.05, 3.63) is 35.0 Å². The first kappa shape index (κ1) is 15.3. The number of benzene rings is 1. The Bertz CT molecular complexity index is 685. The molecule has 2 aromatic rings. The van der Waals surface area contributed by atoms with Crippen LogP contribution in [-0.4, -0.2) is 67.1 Å². The molecular weight excluding hydrogens is 302 g/mol. The zero-order chi connectivity index (χ0) is 15.7. The molecule has 0 aliphatic carbocycles. The standard InChI is InChI=1S/C16H20ClN3O2/c1-19-5-6-20(9-13(19)10-22-2)16(21)15-8-11-7-12(17)3-4-14(11)18-15/h3-4,7-8,13,18H,5-6,9-10H2,1-2H3. The highest BCUT2D eigenvalue weighted by Crippen LogP contribution is 2.21. The van der Waals surface area contributed by atoms with Crippen molar-refractivity contribution in [2.75, 3.05) is 40.4 Å². The summed E-state index contributed by atoms with van der Waals surface area (Å²) in [6, 6.07) is 7.68. The molecule has 1 atom stereocenters. The van der Waals surface area contributed by atoms with Gasteiger partial charge in [0, 0.05) is 42.7 Å². The molecule has 0 spiro atoms. The maximum absolute atomic E-state index is 12.7. The Hall–Kier alpha value is -1.56. The number of aromatic nitrogens is 1. The first-order valence-electron chi connectivity index (χ1n) is 7.35. The average molecular weight is 322 g/mol. The summed E-state index contributed by atoms with van der Waals surface area (Å²) >= 11 is 6.00. The van der Waals surface area contributed by atoms with Crippen molar-refractivity contribution in [1.82, 2.24) is 14.8 Å². The van der Waals surface area contributed by atoms with Crippen molar-refractivity contribution in [3.8, 4) is 0 Å². The molecule has 1 aliphatic heterocycles. The van der Waals surface area contributed by atoms with Gasteiger partial charge in [-0.1, -0.05) is 11.6 Å². The largest absolute Gasteiger partial charge is 0.383 e. The lowest BCUT2D eigenvalue weighted by atomic mass is 10.1. The van der Waals surface area contributed by atoms with Crippen molar-refractivity contribution in [1.29, 1.82) is 0 Å². The number of aromatic amines is 1. The van der Waals surface area contributed by atoms with E-state index < -0.39 is 0 Å². The summed E-state index contributed by atoms with van der Waals surface area (Å²) in [5, 5.41) is 1.63. The molecule has 1 aliphatic rings. The summed E-state index contributed by atoms with van der Waals surface area (Å²) in [6.07, 6.45) is 0. The lowest BCUT2D eigenvalue weighted by molar-refractivity contribution is 0.0328. The van der Waals surface area contributed by atoms with Gasteiger partial charge in [0.25, 0.3) is 5.91 Å². The van der Waals surface area contributed by atoms with E-state index in [0.29, 0.717) is 23.9 Å². The Balaban J connectivity index is 1.79. The number of hydrogen-bond donors (Lipinski definition) is 1. The zero-order valence-electron chi connectivity index (χ0n) is 12.8. The van der Waals surface area contributed by atoms with Crippen LogP contribution < -0.4 is 0 Å². The van der Waals surface area contributed by atoms with Crippen LogP contribution in [0.5, 0.6) is 0 Å². The van der Waals surface area contributed by atoms with Crippen LogP contribution in [0.2, 0.25) is 5.02 Å². The third-order valence-electron chi connectivity index (χ3n) is 4.24. The number of fused-ring (bicyclic) bond motifs is 1. The lowest BCUT2D eigenvalue weighted by Gasteiger charge is -2.38. The molecule has 118 valence electrons. The fourth-order valence-electron chi connectivity index (χ4n) is 2.89. The minimum Gasteiger partial charge on any atom is -0.383 e. The van der Waals surface area contributed by atoms with Crippen LogP contribution in [0.3, 0.4) is 0 Å². The zero-order valence-corrected chi connectivity index (χ0v) is 13.6. The first-order valence-corrected chi connectivity index (χ1v) is 7.73. The molecule has 6 heteroatoms. The van der Waals surface area contributed by atoms with E-state index in [4.69, 9.17) is 16.3 Å². The molecule has 1 aromatic carbocycles. The van der Waals surface area contributed by atoms with E-state index in [1.807, 2.05) is 29.2 Å². The minimum absolute atomic E-state index is 0.0292. The summed E-state index contributed by atoms with van der Waals surface area (Å²) < 4.78 is 5.24. The van der Waals surface area contributed by atoms with Crippen LogP contribution in [0.1, 0.15) is 10.5 Å². The highest BCUT2D eigenvalue weighted by molar-refractivity contribution is 6.31. The Kier molecular flexibility index (Phi) is 4.38. The van der Waals surface area contributed by atoms with Gasteiger partial charge >= 0.3 is 0 Å². The third kappa shape index (κ3) is 2.97. The monoisotopic (exact) mass is 321 g/mol. The quantitative estimate of drug-likeness (QED) is 0.943. The second-order valence-electron chi connectivity index (χ2n) is 5.76. The van der Waals surface area contributed by atoms with Gasteiger partial charge < -0.3 is 14.6 Å². The molecule has 1 fully saturated rings. The highest BCUT2D eigenvalue weighted by atomic mass is 35.5. The van der Waals surface area contributed by atoms with Gasteiger partial charge in [-0.25, -0.2) is 0 Å². The fourth-order valence-corrected chi connectivity index (χ4v) is 3.07. The predicted molar refractivity (Wildman–Crippen MR) is 87.5 cm³/mol. The van der Waals surface area contributed by atoms with Gasteiger partial charge in [-0.15, -0.1) is 0 Å². The minimum atomic E-state index is 0.0292. The van der Waals surface area contributed by atoms with Gasteiger partial charge in [-0.2, -0.15) is 0 Å². The Morgan fingerprint density at radius 2 is 2.23 bits per heavy atom. The van der Waals surface area contributed by atoms with Crippen molar-refractivity contribution in [3.63, 3.8) is 0 Å². The fraction of sp³-hybridized carbons (Fsp3) is 0.438. The number of nitrogens with zero attached hydrogens (tertiary/aromatic N) is 2. The maximum Gasteiger partial charge on any atom is 0.270 e. The Morgan fingerprint density at radius 1 is 1.41 bits per heavy atom. The lowest BCUT2D eigenvalue weighted by Crippen LogP contribution is -2.54. The number of amides is 1. The maximum atomic E-state index is 12.7. The molecule has 22 heavy (non-hydrogen) atoms. The Labute approximate surface area is 134 Å². The summed E-state index contributed by atoms with van der Waals surface area (Å²) in [6.45, 7) is 2.89. The molecule has 1 amide bonds. The number of methoxy groups -OCH3 is 1. The molecule has 5 nitrogen and oxygen atoms in total.